The molecule has 3 aromatic rings. The number of thioether (sulfide) groups is 1. The first-order valence-electron chi connectivity index (χ1n) is 9.85. The van der Waals surface area contributed by atoms with Gasteiger partial charge in [0.25, 0.3) is 0 Å². The van der Waals surface area contributed by atoms with Crippen LogP contribution in [0.25, 0.3) is 10.8 Å². The summed E-state index contributed by atoms with van der Waals surface area (Å²) >= 11 is 1.28. The number of nitrogen functional groups attached to an aromatic ring is 1. The summed E-state index contributed by atoms with van der Waals surface area (Å²) in [6, 6.07) is 14.4. The molecule has 2 N–H and O–H groups in total. The summed E-state index contributed by atoms with van der Waals surface area (Å²) in [5.74, 6) is 7.17. The lowest BCUT2D eigenvalue weighted by atomic mass is 10.0. The molecule has 1 aliphatic rings. The minimum Gasteiger partial charge on any atom is -0.339 e. The molecule has 0 spiro atoms. The van der Waals surface area contributed by atoms with Crippen LogP contribution in [0.2, 0.25) is 0 Å². The van der Waals surface area contributed by atoms with E-state index in [1.807, 2.05) is 18.2 Å². The quantitative estimate of drug-likeness (QED) is 0.493. The monoisotopic (exact) mass is 424 g/mol. The summed E-state index contributed by atoms with van der Waals surface area (Å²) in [6.07, 6.45) is 0.562. The highest BCUT2D eigenvalue weighted by Gasteiger charge is 2.23. The molecular weight excluding hydrogens is 400 g/mol. The van der Waals surface area contributed by atoms with E-state index in [1.165, 1.54) is 21.8 Å². The van der Waals surface area contributed by atoms with Gasteiger partial charge in [-0.3, -0.25) is 9.59 Å². The second-order valence-electron chi connectivity index (χ2n) is 7.26. The predicted octanol–water partition coefficient (Wildman–Crippen LogP) is 1.52. The predicted molar refractivity (Wildman–Crippen MR) is 116 cm³/mol. The highest BCUT2D eigenvalue weighted by atomic mass is 32.2. The highest BCUT2D eigenvalue weighted by molar-refractivity contribution is 7.99. The number of amides is 2. The lowest BCUT2D eigenvalue weighted by Crippen LogP contribution is -2.50. The molecule has 2 amide bonds. The zero-order valence-electron chi connectivity index (χ0n) is 16.8. The van der Waals surface area contributed by atoms with Crippen molar-refractivity contribution in [2.24, 2.45) is 0 Å². The number of carbonyl (C=O) groups is 2. The topological polar surface area (TPSA) is 97.4 Å². The number of aromatic nitrogens is 3. The average molecular weight is 425 g/mol. The van der Waals surface area contributed by atoms with Crippen molar-refractivity contribution in [3.8, 4) is 0 Å². The van der Waals surface area contributed by atoms with Gasteiger partial charge in [0, 0.05) is 39.5 Å². The number of carbonyl (C=O) groups excluding carboxylic acids is 2. The molecule has 156 valence electrons. The Morgan fingerprint density at radius 2 is 1.70 bits per heavy atom. The Bertz CT molecular complexity index is 1070. The standard InChI is InChI=1S/C21H24N6O2S/c1-15(28)25-9-11-26(12-10-25)20(29)14-30-21-24-23-19(27(21)22)13-17-7-4-6-16-5-2-3-8-18(16)17/h2-8H,9-14,22H2,1H3. The first-order valence-corrected chi connectivity index (χ1v) is 10.8. The number of nitrogens with two attached hydrogens (primary N) is 1. The molecule has 0 saturated carbocycles. The Labute approximate surface area is 179 Å². The van der Waals surface area contributed by atoms with Gasteiger partial charge in [0.15, 0.2) is 5.82 Å². The van der Waals surface area contributed by atoms with Crippen molar-refractivity contribution in [1.29, 1.82) is 0 Å². The molecule has 30 heavy (non-hydrogen) atoms. The third kappa shape index (κ3) is 4.25. The van der Waals surface area contributed by atoms with E-state index < -0.39 is 0 Å². The number of benzene rings is 2. The van der Waals surface area contributed by atoms with Gasteiger partial charge in [-0.25, -0.2) is 4.68 Å². The summed E-state index contributed by atoms with van der Waals surface area (Å²) in [4.78, 5) is 27.5. The molecule has 0 unspecified atom stereocenters. The van der Waals surface area contributed by atoms with Gasteiger partial charge in [0.05, 0.1) is 5.75 Å². The van der Waals surface area contributed by atoms with Gasteiger partial charge in [0.1, 0.15) is 0 Å². The second kappa shape index (κ2) is 8.74. The van der Waals surface area contributed by atoms with E-state index in [9.17, 15) is 9.59 Å². The normalized spacial score (nSPS) is 14.3. The van der Waals surface area contributed by atoms with E-state index in [4.69, 9.17) is 5.84 Å². The van der Waals surface area contributed by atoms with Crippen molar-refractivity contribution in [1.82, 2.24) is 24.7 Å². The molecule has 9 heteroatoms. The van der Waals surface area contributed by atoms with E-state index in [2.05, 4.69) is 34.5 Å². The third-order valence-corrected chi connectivity index (χ3v) is 6.29. The molecule has 4 rings (SSSR count). The molecule has 0 atom stereocenters. The highest BCUT2D eigenvalue weighted by Crippen LogP contribution is 2.22. The fraction of sp³-hybridized carbons (Fsp3) is 0.333. The van der Waals surface area contributed by atoms with Gasteiger partial charge < -0.3 is 15.6 Å². The number of fused-ring (bicyclic) bond motifs is 1. The van der Waals surface area contributed by atoms with Crippen LogP contribution >= 0.6 is 11.8 Å². The molecule has 2 aromatic carbocycles. The molecule has 1 fully saturated rings. The maximum atomic E-state index is 12.5. The molecule has 1 aromatic heterocycles. The average Bonchev–Trinajstić information content (AvgIpc) is 3.11. The molecule has 1 saturated heterocycles. The molecule has 2 heterocycles. The van der Waals surface area contributed by atoms with Gasteiger partial charge in [-0.15, -0.1) is 10.2 Å². The van der Waals surface area contributed by atoms with Gasteiger partial charge in [-0.1, -0.05) is 54.2 Å². The Morgan fingerprint density at radius 3 is 2.47 bits per heavy atom. The van der Waals surface area contributed by atoms with E-state index in [-0.39, 0.29) is 17.6 Å². The molecule has 8 nitrogen and oxygen atoms in total. The zero-order valence-corrected chi connectivity index (χ0v) is 17.6. The van der Waals surface area contributed by atoms with E-state index in [0.29, 0.717) is 43.6 Å². The lowest BCUT2D eigenvalue weighted by molar-refractivity contribution is -0.136. The first kappa shape index (κ1) is 20.2. The maximum absolute atomic E-state index is 12.5. The number of piperazine rings is 1. The molecule has 0 radical (unpaired) electrons. The van der Waals surface area contributed by atoms with E-state index in [1.54, 1.807) is 16.7 Å². The van der Waals surface area contributed by atoms with Gasteiger partial charge in [-0.2, -0.15) is 0 Å². The van der Waals surface area contributed by atoms with Crippen LogP contribution in [0, 0.1) is 0 Å². The summed E-state index contributed by atoms with van der Waals surface area (Å²) in [5.41, 5.74) is 1.13. The fourth-order valence-electron chi connectivity index (χ4n) is 3.63. The summed E-state index contributed by atoms with van der Waals surface area (Å²) < 4.78 is 1.47. The van der Waals surface area contributed by atoms with Crippen molar-refractivity contribution in [3.63, 3.8) is 0 Å². The Balaban J connectivity index is 1.38. The number of rotatable bonds is 5. The van der Waals surface area contributed by atoms with Crippen LogP contribution in [0.1, 0.15) is 18.3 Å². The fourth-order valence-corrected chi connectivity index (χ4v) is 4.41. The number of hydrogen-bond donors (Lipinski definition) is 1. The summed E-state index contributed by atoms with van der Waals surface area (Å²) in [5, 5.41) is 11.3. The van der Waals surface area contributed by atoms with Crippen molar-refractivity contribution in [2.45, 2.75) is 18.5 Å². The number of hydrogen-bond acceptors (Lipinski definition) is 6. The zero-order chi connectivity index (χ0) is 21.1. The van der Waals surface area contributed by atoms with Crippen LogP contribution in [0.3, 0.4) is 0 Å². The van der Waals surface area contributed by atoms with Crippen LogP contribution in [0.15, 0.2) is 47.6 Å². The first-order chi connectivity index (χ1) is 14.5. The Morgan fingerprint density at radius 1 is 1.00 bits per heavy atom. The minimum atomic E-state index is 0.0156. The van der Waals surface area contributed by atoms with Crippen LogP contribution in [0.5, 0.6) is 0 Å². The van der Waals surface area contributed by atoms with E-state index >= 15 is 0 Å². The Kier molecular flexibility index (Phi) is 5.89. The largest absolute Gasteiger partial charge is 0.339 e. The molecule has 0 aliphatic carbocycles. The molecule has 1 aliphatic heterocycles. The van der Waals surface area contributed by atoms with Crippen molar-refractivity contribution >= 4 is 34.3 Å². The Hall–Kier alpha value is -3.07. The van der Waals surface area contributed by atoms with Gasteiger partial charge >= 0.3 is 0 Å². The number of nitrogens with zero attached hydrogens (tertiary/aromatic N) is 5. The van der Waals surface area contributed by atoms with Crippen LogP contribution < -0.4 is 5.84 Å². The van der Waals surface area contributed by atoms with Crippen molar-refractivity contribution in [3.05, 3.63) is 53.9 Å². The smallest absolute Gasteiger partial charge is 0.233 e. The minimum absolute atomic E-state index is 0.0156. The third-order valence-electron chi connectivity index (χ3n) is 5.37. The van der Waals surface area contributed by atoms with Crippen molar-refractivity contribution in [2.75, 3.05) is 37.8 Å². The van der Waals surface area contributed by atoms with Crippen LogP contribution in [-0.2, 0) is 16.0 Å². The van der Waals surface area contributed by atoms with Crippen LogP contribution in [-0.4, -0.2) is 68.4 Å². The molecular formula is C21H24N6O2S. The lowest BCUT2D eigenvalue weighted by Gasteiger charge is -2.34. The molecule has 0 bridgehead atoms. The maximum Gasteiger partial charge on any atom is 0.233 e. The van der Waals surface area contributed by atoms with Gasteiger partial charge in [0.2, 0.25) is 17.0 Å². The van der Waals surface area contributed by atoms with E-state index in [0.717, 1.165) is 10.9 Å². The summed E-state index contributed by atoms with van der Waals surface area (Å²) in [7, 11) is 0. The SMILES string of the molecule is CC(=O)N1CCN(C(=O)CSc2nnc(Cc3cccc4ccccc34)n2N)CC1. The van der Waals surface area contributed by atoms with Crippen molar-refractivity contribution < 1.29 is 9.59 Å². The summed E-state index contributed by atoms with van der Waals surface area (Å²) in [6.45, 7) is 3.82. The van der Waals surface area contributed by atoms with Crippen LogP contribution in [0.4, 0.5) is 0 Å². The van der Waals surface area contributed by atoms with Gasteiger partial charge in [-0.05, 0) is 16.3 Å². The second-order valence-corrected chi connectivity index (χ2v) is 8.20.